The Labute approximate surface area is 203 Å². The van der Waals surface area contributed by atoms with Gasteiger partial charge in [-0.2, -0.15) is 23.3 Å². The number of anilines is 2. The number of nitrogens with zero attached hydrogens (tertiary/aromatic N) is 5. The number of rotatable bonds is 6. The largest absolute Gasteiger partial charge is 0.478 e. The first-order valence-corrected chi connectivity index (χ1v) is 10.4. The monoisotopic (exact) mass is 490 g/mol. The summed E-state index contributed by atoms with van der Waals surface area (Å²) in [5, 5.41) is 15.6. The molecule has 0 saturated heterocycles. The second-order valence-electron chi connectivity index (χ2n) is 7.60. The van der Waals surface area contributed by atoms with Crippen molar-refractivity contribution in [2.24, 2.45) is 0 Å². The smallest absolute Gasteiger partial charge is 0.435 e. The van der Waals surface area contributed by atoms with Gasteiger partial charge in [0.15, 0.2) is 17.2 Å². The van der Waals surface area contributed by atoms with Gasteiger partial charge in [0.25, 0.3) is 0 Å². The molecule has 0 aliphatic carbocycles. The van der Waals surface area contributed by atoms with Gasteiger partial charge in [0, 0.05) is 29.2 Å². The molecule has 0 unspecified atom stereocenters. The normalized spacial score (nSPS) is 11.4. The van der Waals surface area contributed by atoms with Crippen LogP contribution in [0.2, 0.25) is 0 Å². The van der Waals surface area contributed by atoms with Crippen molar-refractivity contribution in [1.29, 1.82) is 0 Å². The van der Waals surface area contributed by atoms with Crippen LogP contribution in [0.1, 0.15) is 17.0 Å². The van der Waals surface area contributed by atoms with E-state index in [1.54, 1.807) is 48.5 Å². The van der Waals surface area contributed by atoms with Crippen LogP contribution in [0.15, 0.2) is 66.9 Å². The summed E-state index contributed by atoms with van der Waals surface area (Å²) in [6.45, 7) is 8.64. The average molecular weight is 490 g/mol. The summed E-state index contributed by atoms with van der Waals surface area (Å²) in [5.74, 6) is -0.948. The highest BCUT2D eigenvalue weighted by Gasteiger charge is 2.35. The van der Waals surface area contributed by atoms with Gasteiger partial charge in [0.05, 0.1) is 6.57 Å². The number of carbonyl (C=O) groups is 1. The molecule has 11 heteroatoms. The summed E-state index contributed by atoms with van der Waals surface area (Å²) in [5.41, 5.74) is 1.53. The summed E-state index contributed by atoms with van der Waals surface area (Å²) in [7, 11) is 0. The number of alkyl halides is 3. The summed E-state index contributed by atoms with van der Waals surface area (Å²) >= 11 is 0. The molecule has 0 amide bonds. The third-order valence-corrected chi connectivity index (χ3v) is 4.99. The zero-order chi connectivity index (χ0) is 25.9. The Bertz CT molecular complexity index is 1520. The molecule has 2 N–H and O–H groups in total. The predicted molar refractivity (Wildman–Crippen MR) is 127 cm³/mol. The van der Waals surface area contributed by atoms with Gasteiger partial charge in [0.1, 0.15) is 0 Å². The maximum absolute atomic E-state index is 13.4. The first-order chi connectivity index (χ1) is 17.1. The van der Waals surface area contributed by atoms with E-state index in [0.29, 0.717) is 28.1 Å². The topological polar surface area (TPSA) is 97.3 Å². The molecule has 0 radical (unpaired) electrons. The van der Waals surface area contributed by atoms with Crippen LogP contribution in [-0.4, -0.2) is 30.8 Å². The van der Waals surface area contributed by atoms with Gasteiger partial charge in [-0.3, -0.25) is 0 Å². The van der Waals surface area contributed by atoms with Crippen molar-refractivity contribution >= 4 is 29.4 Å². The molecule has 2 heterocycles. The highest BCUT2D eigenvalue weighted by molar-refractivity contribution is 5.86. The third-order valence-electron chi connectivity index (χ3n) is 4.99. The molecule has 4 aromatic rings. The van der Waals surface area contributed by atoms with Crippen molar-refractivity contribution in [2.45, 2.75) is 13.1 Å². The Morgan fingerprint density at radius 3 is 2.64 bits per heavy atom. The van der Waals surface area contributed by atoms with E-state index in [1.165, 1.54) is 19.2 Å². The van der Waals surface area contributed by atoms with Gasteiger partial charge >= 0.3 is 12.1 Å². The van der Waals surface area contributed by atoms with E-state index >= 15 is 0 Å². The molecular weight excluding hydrogens is 473 g/mol. The van der Waals surface area contributed by atoms with Crippen LogP contribution in [-0.2, 0) is 11.0 Å². The first kappa shape index (κ1) is 24.2. The SMILES string of the molecule is [C-]#[N+]c1cccc(Nc2ncc(-c3cccc(C=CC(=O)O)c3)c(-n3nc(C(F)(F)F)cc3C)n2)c1. The highest BCUT2D eigenvalue weighted by Crippen LogP contribution is 2.32. The van der Waals surface area contributed by atoms with Gasteiger partial charge in [-0.15, -0.1) is 0 Å². The van der Waals surface area contributed by atoms with Gasteiger partial charge in [-0.1, -0.05) is 30.3 Å². The molecule has 0 bridgehead atoms. The van der Waals surface area contributed by atoms with Crippen molar-refractivity contribution < 1.29 is 23.1 Å². The second-order valence-corrected chi connectivity index (χ2v) is 7.60. The van der Waals surface area contributed by atoms with E-state index in [1.807, 2.05) is 0 Å². The maximum atomic E-state index is 13.4. The fourth-order valence-corrected chi connectivity index (χ4v) is 3.39. The molecule has 0 fully saturated rings. The zero-order valence-electron chi connectivity index (χ0n) is 18.7. The summed E-state index contributed by atoms with van der Waals surface area (Å²) < 4.78 is 41.2. The second kappa shape index (κ2) is 9.71. The molecule has 2 aromatic heterocycles. The number of aromatic nitrogens is 4. The molecule has 0 saturated carbocycles. The number of carboxylic acids is 1. The lowest BCUT2D eigenvalue weighted by Crippen LogP contribution is -2.10. The minimum atomic E-state index is -4.65. The Kier molecular flexibility index (Phi) is 6.52. The van der Waals surface area contributed by atoms with E-state index in [2.05, 4.69) is 25.2 Å². The summed E-state index contributed by atoms with van der Waals surface area (Å²) in [4.78, 5) is 23.0. The fraction of sp³-hybridized carbons (Fsp3) is 0.0800. The van der Waals surface area contributed by atoms with E-state index in [9.17, 15) is 18.0 Å². The van der Waals surface area contributed by atoms with E-state index in [4.69, 9.17) is 11.7 Å². The summed E-state index contributed by atoms with van der Waals surface area (Å²) in [6, 6.07) is 14.2. The molecule has 0 aliphatic heterocycles. The lowest BCUT2D eigenvalue weighted by molar-refractivity contribution is -0.141. The highest BCUT2D eigenvalue weighted by atomic mass is 19.4. The third kappa shape index (κ3) is 5.39. The van der Waals surface area contributed by atoms with Crippen molar-refractivity contribution in [1.82, 2.24) is 19.7 Å². The number of aryl methyl sites for hydroxylation is 1. The number of hydrogen-bond donors (Lipinski definition) is 2. The zero-order valence-corrected chi connectivity index (χ0v) is 18.7. The quantitative estimate of drug-likeness (QED) is 0.252. The maximum Gasteiger partial charge on any atom is 0.435 e. The Balaban J connectivity index is 1.85. The molecule has 36 heavy (non-hydrogen) atoms. The van der Waals surface area contributed by atoms with Crippen molar-refractivity contribution in [3.05, 3.63) is 95.2 Å². The summed E-state index contributed by atoms with van der Waals surface area (Å²) in [6.07, 6.45) is -0.828. The van der Waals surface area contributed by atoms with Crippen LogP contribution in [0.5, 0.6) is 0 Å². The average Bonchev–Trinajstić information content (AvgIpc) is 3.25. The number of hydrogen-bond acceptors (Lipinski definition) is 5. The van der Waals surface area contributed by atoms with Crippen LogP contribution in [0.3, 0.4) is 0 Å². The van der Waals surface area contributed by atoms with Crippen LogP contribution in [0.25, 0.3) is 27.9 Å². The first-order valence-electron chi connectivity index (χ1n) is 10.4. The molecule has 4 rings (SSSR count). The van der Waals surface area contributed by atoms with Crippen LogP contribution in [0, 0.1) is 13.5 Å². The Morgan fingerprint density at radius 1 is 1.17 bits per heavy atom. The van der Waals surface area contributed by atoms with Gasteiger partial charge in [-0.25, -0.2) is 19.3 Å². The minimum Gasteiger partial charge on any atom is -0.478 e. The number of halogens is 3. The van der Waals surface area contributed by atoms with E-state index in [-0.39, 0.29) is 17.5 Å². The molecular formula is C25H17F3N6O2. The van der Waals surface area contributed by atoms with Crippen molar-refractivity contribution in [3.8, 4) is 16.9 Å². The van der Waals surface area contributed by atoms with E-state index in [0.717, 1.165) is 16.8 Å². The fourth-order valence-electron chi connectivity index (χ4n) is 3.39. The lowest BCUT2D eigenvalue weighted by atomic mass is 10.0. The standard InChI is InChI=1S/C25H17F3N6O2/c1-15-11-21(25(26,27)28)33-34(15)23-20(17-6-3-5-16(12-17)9-10-22(35)36)14-30-24(32-23)31-19-8-4-7-18(13-19)29-2/h3-14H,1H3,(H,35,36)(H,30,31,32). The van der Waals surface area contributed by atoms with Crippen LogP contribution >= 0.6 is 0 Å². The number of carboxylic acid groups (broad SMARTS) is 1. The lowest BCUT2D eigenvalue weighted by Gasteiger charge is -2.13. The van der Waals surface area contributed by atoms with Gasteiger partial charge < -0.3 is 10.4 Å². The molecule has 0 spiro atoms. The molecule has 0 aliphatic rings. The molecule has 8 nitrogen and oxygen atoms in total. The molecule has 2 aromatic carbocycles. The Morgan fingerprint density at radius 2 is 1.94 bits per heavy atom. The Hall–Kier alpha value is -4.98. The van der Waals surface area contributed by atoms with Crippen molar-refractivity contribution in [2.75, 3.05) is 5.32 Å². The molecule has 0 atom stereocenters. The van der Waals surface area contributed by atoms with Crippen molar-refractivity contribution in [3.63, 3.8) is 0 Å². The van der Waals surface area contributed by atoms with Crippen LogP contribution in [0.4, 0.5) is 30.5 Å². The number of benzene rings is 2. The van der Waals surface area contributed by atoms with Crippen LogP contribution < -0.4 is 5.32 Å². The minimum absolute atomic E-state index is 0.0844. The predicted octanol–water partition coefficient (Wildman–Crippen LogP) is 6.05. The number of aliphatic carboxylic acids is 1. The van der Waals surface area contributed by atoms with Gasteiger partial charge in [0.2, 0.25) is 5.95 Å². The number of nitrogens with one attached hydrogen (secondary N) is 1. The van der Waals surface area contributed by atoms with Gasteiger partial charge in [-0.05, 0) is 48.4 Å². The molecule has 180 valence electrons. The van der Waals surface area contributed by atoms with E-state index < -0.39 is 17.8 Å².